The number of benzene rings is 5. The predicted molar refractivity (Wildman–Crippen MR) is 197 cm³/mol. The van der Waals surface area contributed by atoms with Gasteiger partial charge in [-0.15, -0.1) is 0 Å². The van der Waals surface area contributed by atoms with Gasteiger partial charge >= 0.3 is 0 Å². The maximum absolute atomic E-state index is 14.3. The van der Waals surface area contributed by atoms with Crippen molar-refractivity contribution in [2.45, 2.75) is 26.5 Å². The SMILES string of the molecule is COc1ccc(S(=O)(=O)N(c2cccc(N(S(=O)(=O)c3cc(Cl)cc(Cl)c3)S(=O)(=O)c3cc(Cl)cc(Cl)c3)c2)S(=O)(=O)c2ccc(C)cc2)cc1. The molecule has 0 saturated carbocycles. The maximum Gasteiger partial charge on any atom is 0.277 e. The highest BCUT2D eigenvalue weighted by atomic mass is 35.5. The highest BCUT2D eigenvalue weighted by molar-refractivity contribution is 8.10. The zero-order valence-electron chi connectivity index (χ0n) is 26.1. The van der Waals surface area contributed by atoms with Crippen LogP contribution >= 0.6 is 46.4 Å². The Morgan fingerprint density at radius 2 is 0.784 bits per heavy atom. The van der Waals surface area contributed by atoms with E-state index in [4.69, 9.17) is 51.1 Å². The number of hydrogen-bond acceptors (Lipinski definition) is 9. The van der Waals surface area contributed by atoms with Crippen LogP contribution in [0.3, 0.4) is 0 Å². The van der Waals surface area contributed by atoms with E-state index in [1.165, 1.54) is 55.6 Å². The Morgan fingerprint density at radius 3 is 1.14 bits per heavy atom. The quantitative estimate of drug-likeness (QED) is 0.130. The number of anilines is 2. The summed E-state index contributed by atoms with van der Waals surface area (Å²) in [5.74, 6) is 0.275. The van der Waals surface area contributed by atoms with Crippen LogP contribution in [0.25, 0.3) is 0 Å². The first kappa shape index (κ1) is 38.7. The van der Waals surface area contributed by atoms with Crippen LogP contribution in [0, 0.1) is 6.92 Å². The topological polar surface area (TPSA) is 152 Å². The van der Waals surface area contributed by atoms with Crippen molar-refractivity contribution < 1.29 is 38.4 Å². The minimum atomic E-state index is -5.20. The first-order valence-corrected chi connectivity index (χ1v) is 21.4. The van der Waals surface area contributed by atoms with Crippen molar-refractivity contribution in [1.29, 1.82) is 0 Å². The standard InChI is InChI=1S/C32H24Cl4N2O9S4/c1-21-6-10-29(11-7-21)48(39,40)37(49(41,42)30-12-8-28(47-2)9-13-30)26-4-3-5-27(20-26)38(50(43,44)31-16-22(33)14-23(34)17-31)51(45,46)32-18-24(35)15-25(36)19-32/h3-20H,1-2H3. The molecule has 0 aliphatic rings. The summed E-state index contributed by atoms with van der Waals surface area (Å²) >= 11 is 24.4. The van der Waals surface area contributed by atoms with Gasteiger partial charge in [0.1, 0.15) is 5.75 Å². The normalized spacial score (nSPS) is 12.4. The molecule has 0 fully saturated rings. The molecule has 0 aliphatic heterocycles. The molecule has 11 nitrogen and oxygen atoms in total. The molecule has 268 valence electrons. The molecule has 0 amide bonds. The highest BCUT2D eigenvalue weighted by Crippen LogP contribution is 2.39. The molecule has 0 spiro atoms. The summed E-state index contributed by atoms with van der Waals surface area (Å²) in [4.78, 5) is -2.26. The number of halogens is 4. The molecule has 0 bridgehead atoms. The van der Waals surface area contributed by atoms with Crippen molar-refractivity contribution in [2.75, 3.05) is 14.5 Å². The van der Waals surface area contributed by atoms with Crippen LogP contribution in [-0.2, 0) is 40.1 Å². The molecule has 19 heteroatoms. The van der Waals surface area contributed by atoms with Crippen LogP contribution in [0.15, 0.2) is 129 Å². The summed E-state index contributed by atoms with van der Waals surface area (Å²) in [6, 6.07) is 20.3. The molecule has 0 radical (unpaired) electrons. The van der Waals surface area contributed by atoms with Crippen LogP contribution < -0.4 is 12.2 Å². The van der Waals surface area contributed by atoms with Gasteiger partial charge in [0, 0.05) is 20.1 Å². The van der Waals surface area contributed by atoms with Crippen molar-refractivity contribution in [3.05, 3.63) is 135 Å². The van der Waals surface area contributed by atoms with Gasteiger partial charge in [0.25, 0.3) is 40.1 Å². The number of hydrogen-bond donors (Lipinski definition) is 0. The van der Waals surface area contributed by atoms with E-state index in [2.05, 4.69) is 0 Å². The molecule has 5 aromatic rings. The molecule has 5 rings (SSSR count). The van der Waals surface area contributed by atoms with E-state index >= 15 is 0 Å². The smallest absolute Gasteiger partial charge is 0.277 e. The largest absolute Gasteiger partial charge is 0.497 e. The minimum Gasteiger partial charge on any atom is -0.497 e. The summed E-state index contributed by atoms with van der Waals surface area (Å²) < 4.78 is 120. The van der Waals surface area contributed by atoms with Gasteiger partial charge in [-0.3, -0.25) is 0 Å². The second-order valence-electron chi connectivity index (χ2n) is 10.6. The third-order valence-corrected chi connectivity index (χ3v) is 16.3. The molecule has 0 heterocycles. The van der Waals surface area contributed by atoms with Crippen molar-refractivity contribution >= 4 is 97.9 Å². The van der Waals surface area contributed by atoms with E-state index in [0.717, 1.165) is 60.7 Å². The minimum absolute atomic E-state index is 0.0237. The van der Waals surface area contributed by atoms with Gasteiger partial charge in [-0.1, -0.05) is 70.2 Å². The van der Waals surface area contributed by atoms with Crippen LogP contribution in [0.4, 0.5) is 11.4 Å². The van der Waals surface area contributed by atoms with E-state index in [9.17, 15) is 33.7 Å². The Labute approximate surface area is 315 Å². The van der Waals surface area contributed by atoms with E-state index in [1.54, 1.807) is 6.92 Å². The number of rotatable bonds is 11. The molecule has 0 saturated heterocycles. The first-order valence-electron chi connectivity index (χ1n) is 14.1. The molecule has 5 aromatic carbocycles. The Kier molecular flexibility index (Phi) is 11.0. The van der Waals surface area contributed by atoms with Crippen molar-refractivity contribution in [3.8, 4) is 5.75 Å². The molecular weight excluding hydrogens is 826 g/mol. The van der Waals surface area contributed by atoms with Gasteiger partial charge in [0.15, 0.2) is 0 Å². The Hall–Kier alpha value is -3.54. The Morgan fingerprint density at radius 1 is 0.451 bits per heavy atom. The van der Waals surface area contributed by atoms with Gasteiger partial charge in [0.05, 0.1) is 38.1 Å². The zero-order chi connectivity index (χ0) is 37.5. The summed E-state index contributed by atoms with van der Waals surface area (Å²) in [6.45, 7) is 1.70. The lowest BCUT2D eigenvalue weighted by atomic mass is 10.2. The van der Waals surface area contributed by atoms with Gasteiger partial charge in [-0.2, -0.15) is 7.42 Å². The molecule has 51 heavy (non-hydrogen) atoms. The molecule has 0 aromatic heterocycles. The summed E-state index contributed by atoms with van der Waals surface area (Å²) in [6.07, 6.45) is 0. The van der Waals surface area contributed by atoms with Crippen molar-refractivity contribution in [2.24, 2.45) is 0 Å². The number of ether oxygens (including phenoxy) is 1. The van der Waals surface area contributed by atoms with Crippen LogP contribution in [0.2, 0.25) is 20.1 Å². The molecule has 0 aliphatic carbocycles. The van der Waals surface area contributed by atoms with Gasteiger partial charge < -0.3 is 4.74 Å². The maximum atomic E-state index is 14.3. The number of methoxy groups -OCH3 is 1. The lowest BCUT2D eigenvalue weighted by Crippen LogP contribution is -2.39. The second kappa shape index (κ2) is 14.5. The van der Waals surface area contributed by atoms with Crippen molar-refractivity contribution in [3.63, 3.8) is 0 Å². The van der Waals surface area contributed by atoms with E-state index in [1.807, 2.05) is 0 Å². The summed E-state index contributed by atoms with van der Waals surface area (Å²) in [7, 11) is -19.1. The van der Waals surface area contributed by atoms with Gasteiger partial charge in [-0.05, 0) is 97.9 Å². The first-order chi connectivity index (χ1) is 23.8. The van der Waals surface area contributed by atoms with Crippen LogP contribution in [0.1, 0.15) is 5.56 Å². The van der Waals surface area contributed by atoms with E-state index in [-0.39, 0.29) is 33.3 Å². The lowest BCUT2D eigenvalue weighted by molar-refractivity contribution is 0.414. The lowest BCUT2D eigenvalue weighted by Gasteiger charge is -2.27. The Bertz CT molecular complexity index is 2470. The van der Waals surface area contributed by atoms with E-state index in [0.29, 0.717) is 5.56 Å². The fourth-order valence-corrected chi connectivity index (χ4v) is 13.5. The van der Waals surface area contributed by atoms with Crippen LogP contribution in [0.5, 0.6) is 5.75 Å². The molecule has 0 unspecified atom stereocenters. The third kappa shape index (κ3) is 7.81. The van der Waals surface area contributed by atoms with E-state index < -0.39 is 71.0 Å². The molecule has 0 N–H and O–H groups in total. The van der Waals surface area contributed by atoms with Crippen molar-refractivity contribution in [1.82, 2.24) is 0 Å². The number of nitrogens with zero attached hydrogens (tertiary/aromatic N) is 2. The fraction of sp³-hybridized carbons (Fsp3) is 0.0625. The molecule has 0 atom stereocenters. The fourth-order valence-electron chi connectivity index (χ4n) is 4.73. The third-order valence-electron chi connectivity index (χ3n) is 7.07. The van der Waals surface area contributed by atoms with Gasteiger partial charge in [0.2, 0.25) is 0 Å². The predicted octanol–water partition coefficient (Wildman–Crippen LogP) is 7.79. The summed E-state index contributed by atoms with van der Waals surface area (Å²) in [5.41, 5.74) is -0.671. The highest BCUT2D eigenvalue weighted by Gasteiger charge is 2.41. The number of aryl methyl sites for hydroxylation is 1. The average Bonchev–Trinajstić information content (AvgIpc) is 3.04. The summed E-state index contributed by atoms with van der Waals surface area (Å²) in [5, 5.41) is -0.615. The zero-order valence-corrected chi connectivity index (χ0v) is 32.4. The monoisotopic (exact) mass is 848 g/mol. The Balaban J connectivity index is 1.82. The van der Waals surface area contributed by atoms with Gasteiger partial charge in [-0.25, -0.2) is 33.7 Å². The second-order valence-corrected chi connectivity index (χ2v) is 20.0. The average molecular weight is 851 g/mol. The van der Waals surface area contributed by atoms with Crippen LogP contribution in [-0.4, -0.2) is 40.8 Å². The molecular formula is C32H24Cl4N2O9S4. The number of sulfonamides is 4.